The first-order chi connectivity index (χ1) is 23.2. The molecule has 5 aromatic rings. The summed E-state index contributed by atoms with van der Waals surface area (Å²) in [5, 5.41) is 6.08. The average molecular weight is 684 g/mol. The Hall–Kier alpha value is -3.74. The van der Waals surface area contributed by atoms with Gasteiger partial charge < -0.3 is 0 Å². The maximum Gasteiger partial charge on any atom is 0.261 e. The van der Waals surface area contributed by atoms with Crippen molar-refractivity contribution in [3.63, 3.8) is 0 Å². The molecule has 2 aliphatic rings. The number of nitrogens with zero attached hydrogens (tertiary/aromatic N) is 2. The van der Waals surface area contributed by atoms with E-state index in [1.165, 1.54) is 9.80 Å². The van der Waals surface area contributed by atoms with E-state index in [9.17, 15) is 19.2 Å². The Bertz CT molecular complexity index is 2050. The molecule has 2 aliphatic heterocycles. The fraction of sp³-hybridized carbons (Fsp3) is 0.400. The Kier molecular flexibility index (Phi) is 8.62. The van der Waals surface area contributed by atoms with Gasteiger partial charge in [-0.25, -0.2) is 0 Å². The molecule has 0 N–H and O–H groups in total. The SMILES string of the molecule is CCCCCC(CC)N1C(=O)c2ccc3c4c(Cl)cc5c6c(cc(Cl)c(c7ccc(c2c37)C1=O)c64)C(=O)N(C(CC)CCCCC)C5=O. The first-order valence-corrected chi connectivity index (χ1v) is 18.3. The van der Waals surface area contributed by atoms with Crippen molar-refractivity contribution >= 4 is 89.9 Å². The van der Waals surface area contributed by atoms with E-state index in [1.54, 1.807) is 24.3 Å². The third-order valence-electron chi connectivity index (χ3n) is 10.8. The van der Waals surface area contributed by atoms with Gasteiger partial charge in [0.25, 0.3) is 23.6 Å². The van der Waals surface area contributed by atoms with E-state index in [-0.39, 0.29) is 35.7 Å². The maximum absolute atomic E-state index is 14.2. The molecule has 248 valence electrons. The van der Waals surface area contributed by atoms with Crippen molar-refractivity contribution in [2.75, 3.05) is 0 Å². The van der Waals surface area contributed by atoms with E-state index < -0.39 is 0 Å². The largest absolute Gasteiger partial charge is 0.271 e. The van der Waals surface area contributed by atoms with Crippen LogP contribution in [0.1, 0.15) is 133 Å². The van der Waals surface area contributed by atoms with Gasteiger partial charge in [-0.3, -0.25) is 29.0 Å². The zero-order valence-electron chi connectivity index (χ0n) is 28.0. The van der Waals surface area contributed by atoms with Crippen molar-refractivity contribution in [3.05, 3.63) is 68.7 Å². The lowest BCUT2D eigenvalue weighted by molar-refractivity contribution is 0.0508. The molecular formula is C40H40Cl2N2O4. The highest BCUT2D eigenvalue weighted by Crippen LogP contribution is 2.50. The predicted molar refractivity (Wildman–Crippen MR) is 195 cm³/mol. The fourth-order valence-corrected chi connectivity index (χ4v) is 8.97. The number of hydrogen-bond donors (Lipinski definition) is 0. The van der Waals surface area contributed by atoms with Crippen molar-refractivity contribution in [2.45, 2.75) is 104 Å². The summed E-state index contributed by atoms with van der Waals surface area (Å²) in [7, 11) is 0. The molecule has 0 aliphatic carbocycles. The third-order valence-corrected chi connectivity index (χ3v) is 11.4. The molecule has 0 saturated heterocycles. The smallest absolute Gasteiger partial charge is 0.261 e. The predicted octanol–water partition coefficient (Wildman–Crippen LogP) is 11.0. The molecule has 8 heteroatoms. The molecule has 4 amide bonds. The van der Waals surface area contributed by atoms with E-state index in [4.69, 9.17) is 23.2 Å². The normalized spacial score (nSPS) is 16.0. The van der Waals surface area contributed by atoms with Crippen LogP contribution >= 0.6 is 23.2 Å². The second-order valence-corrected chi connectivity index (χ2v) is 14.3. The van der Waals surface area contributed by atoms with Crippen LogP contribution in [0.15, 0.2) is 36.4 Å². The first-order valence-electron chi connectivity index (χ1n) is 17.5. The van der Waals surface area contributed by atoms with Gasteiger partial charge in [0, 0.05) is 60.2 Å². The molecule has 48 heavy (non-hydrogen) atoms. The van der Waals surface area contributed by atoms with E-state index >= 15 is 0 Å². The quantitative estimate of drug-likeness (QED) is 0.0568. The molecule has 2 heterocycles. The van der Waals surface area contributed by atoms with Gasteiger partial charge in [0.1, 0.15) is 0 Å². The molecule has 2 unspecified atom stereocenters. The van der Waals surface area contributed by atoms with Crippen LogP contribution in [-0.2, 0) is 0 Å². The van der Waals surface area contributed by atoms with Gasteiger partial charge in [-0.2, -0.15) is 0 Å². The summed E-state index contributed by atoms with van der Waals surface area (Å²) in [5.41, 5.74) is 1.75. The summed E-state index contributed by atoms with van der Waals surface area (Å²) in [6.07, 6.45) is 8.94. The van der Waals surface area contributed by atoms with Crippen molar-refractivity contribution in [2.24, 2.45) is 0 Å². The number of benzene rings is 5. The molecular weight excluding hydrogens is 643 g/mol. The van der Waals surface area contributed by atoms with Gasteiger partial charge >= 0.3 is 0 Å². The Labute approximate surface area is 290 Å². The van der Waals surface area contributed by atoms with Crippen molar-refractivity contribution in [1.82, 2.24) is 9.80 Å². The summed E-state index contributed by atoms with van der Waals surface area (Å²) in [4.78, 5) is 59.5. The van der Waals surface area contributed by atoms with Crippen LogP contribution < -0.4 is 0 Å². The van der Waals surface area contributed by atoms with E-state index in [0.717, 1.165) is 67.5 Å². The van der Waals surface area contributed by atoms with Gasteiger partial charge in [0.15, 0.2) is 0 Å². The minimum Gasteiger partial charge on any atom is -0.271 e. The Morgan fingerprint density at radius 1 is 0.500 bits per heavy atom. The molecule has 6 nitrogen and oxygen atoms in total. The van der Waals surface area contributed by atoms with E-state index in [2.05, 4.69) is 13.8 Å². The van der Waals surface area contributed by atoms with Crippen LogP contribution in [0.5, 0.6) is 0 Å². The van der Waals surface area contributed by atoms with Gasteiger partial charge in [-0.05, 0) is 66.1 Å². The van der Waals surface area contributed by atoms with Crippen LogP contribution in [0.3, 0.4) is 0 Å². The second kappa shape index (κ2) is 12.6. The number of amides is 4. The number of hydrogen-bond acceptors (Lipinski definition) is 4. The minimum atomic E-state index is -0.339. The zero-order chi connectivity index (χ0) is 34.0. The molecule has 7 rings (SSSR count). The van der Waals surface area contributed by atoms with Crippen molar-refractivity contribution in [1.29, 1.82) is 0 Å². The van der Waals surface area contributed by atoms with Crippen LogP contribution in [0, 0.1) is 0 Å². The minimum absolute atomic E-state index is 0.179. The monoisotopic (exact) mass is 682 g/mol. The lowest BCUT2D eigenvalue weighted by Gasteiger charge is -2.35. The Morgan fingerprint density at radius 3 is 1.29 bits per heavy atom. The summed E-state index contributed by atoms with van der Waals surface area (Å²) in [5.74, 6) is -1.24. The van der Waals surface area contributed by atoms with E-state index in [1.807, 2.05) is 26.0 Å². The molecule has 0 fully saturated rings. The fourth-order valence-electron chi connectivity index (χ4n) is 8.36. The number of carbonyl (C=O) groups excluding carboxylic acids is 4. The molecule has 0 radical (unpaired) electrons. The number of halogens is 2. The molecule has 2 atom stereocenters. The lowest BCUT2D eigenvalue weighted by atomic mass is 9.81. The van der Waals surface area contributed by atoms with Crippen LogP contribution in [0.2, 0.25) is 10.0 Å². The highest BCUT2D eigenvalue weighted by Gasteiger charge is 2.41. The summed E-state index contributed by atoms with van der Waals surface area (Å²) >= 11 is 14.3. The number of carbonyl (C=O) groups is 4. The highest BCUT2D eigenvalue weighted by molar-refractivity contribution is 6.51. The van der Waals surface area contributed by atoms with E-state index in [0.29, 0.717) is 72.1 Å². The van der Waals surface area contributed by atoms with Gasteiger partial charge in [-0.15, -0.1) is 0 Å². The van der Waals surface area contributed by atoms with Crippen LogP contribution in [0.4, 0.5) is 0 Å². The average Bonchev–Trinajstić information content (AvgIpc) is 3.08. The van der Waals surface area contributed by atoms with Crippen molar-refractivity contribution < 1.29 is 19.2 Å². The molecule has 0 spiro atoms. The third kappa shape index (κ3) is 4.66. The Balaban J connectivity index is 1.47. The molecule has 0 aromatic heterocycles. The van der Waals surface area contributed by atoms with Gasteiger partial charge in [0.2, 0.25) is 0 Å². The Morgan fingerprint density at radius 2 is 0.896 bits per heavy atom. The molecule has 5 aromatic carbocycles. The lowest BCUT2D eigenvalue weighted by Crippen LogP contribution is -2.47. The number of fused-ring (bicyclic) bond motifs is 2. The van der Waals surface area contributed by atoms with Gasteiger partial charge in [0.05, 0.1) is 11.1 Å². The van der Waals surface area contributed by atoms with Crippen LogP contribution in [-0.4, -0.2) is 45.5 Å². The summed E-state index contributed by atoms with van der Waals surface area (Å²) in [6, 6.07) is 10.3. The van der Waals surface area contributed by atoms with Crippen molar-refractivity contribution in [3.8, 4) is 0 Å². The maximum atomic E-state index is 14.2. The summed E-state index contributed by atoms with van der Waals surface area (Å²) in [6.45, 7) is 8.30. The first kappa shape index (κ1) is 32.8. The zero-order valence-corrected chi connectivity index (χ0v) is 29.5. The standard InChI is InChI=1S/C40H40Cl2N2O4/c1-5-9-11-13-21(7-3)43-37(45)25-17-15-23-31-24(16-18-26(32(25)31)38(43)46)35-30(42)20-28-33-27(19-29(41)34(23)36(33)35)39(47)44(40(28)48)22(8-4)14-12-10-6-2/h15-22H,5-14H2,1-4H3. The topological polar surface area (TPSA) is 74.8 Å². The number of imide groups is 2. The summed E-state index contributed by atoms with van der Waals surface area (Å²) < 4.78 is 0. The molecule has 0 saturated carbocycles. The number of unbranched alkanes of at least 4 members (excludes halogenated alkanes) is 4. The number of rotatable bonds is 12. The highest BCUT2D eigenvalue weighted by atomic mass is 35.5. The van der Waals surface area contributed by atoms with Gasteiger partial charge in [-0.1, -0.05) is 102 Å². The van der Waals surface area contributed by atoms with Crippen LogP contribution in [0.25, 0.3) is 43.1 Å². The molecule has 0 bridgehead atoms. The second-order valence-electron chi connectivity index (χ2n) is 13.5.